The van der Waals surface area contributed by atoms with Crippen LogP contribution in [-0.2, 0) is 10.0 Å². The molecule has 0 aromatic heterocycles. The number of amidine groups is 1. The second-order valence-electron chi connectivity index (χ2n) is 7.00. The molecule has 1 fully saturated rings. The molecule has 0 radical (unpaired) electrons. The van der Waals surface area contributed by atoms with Gasteiger partial charge in [-0.25, -0.2) is 4.39 Å². The van der Waals surface area contributed by atoms with E-state index in [4.69, 9.17) is 4.74 Å². The molecule has 2 heterocycles. The highest BCUT2D eigenvalue weighted by molar-refractivity contribution is 8.00. The summed E-state index contributed by atoms with van der Waals surface area (Å²) in [7, 11) is -2.20. The minimum atomic E-state index is -3.77. The molecule has 0 N–H and O–H groups in total. The van der Waals surface area contributed by atoms with Crippen LogP contribution in [0.15, 0.2) is 58.5 Å². The summed E-state index contributed by atoms with van der Waals surface area (Å²) in [4.78, 5) is 4.16. The first-order valence-electron chi connectivity index (χ1n) is 9.36. The Morgan fingerprint density at radius 1 is 0.966 bits per heavy atom. The fourth-order valence-electron chi connectivity index (χ4n) is 3.79. The van der Waals surface area contributed by atoms with Crippen LogP contribution in [0.2, 0.25) is 0 Å². The van der Waals surface area contributed by atoms with Crippen LogP contribution < -0.4 is 9.64 Å². The molecule has 2 aliphatic rings. The smallest absolute Gasteiger partial charge is 0.285 e. The van der Waals surface area contributed by atoms with Gasteiger partial charge in [0, 0.05) is 31.8 Å². The van der Waals surface area contributed by atoms with E-state index in [0.717, 1.165) is 0 Å². The van der Waals surface area contributed by atoms with E-state index >= 15 is 0 Å². The molecule has 0 saturated carbocycles. The van der Waals surface area contributed by atoms with E-state index < -0.39 is 10.0 Å². The van der Waals surface area contributed by atoms with Gasteiger partial charge in [-0.3, -0.25) is 0 Å². The van der Waals surface area contributed by atoms with E-state index in [1.807, 2.05) is 15.9 Å². The Labute approximate surface area is 170 Å². The first-order chi connectivity index (χ1) is 13.9. The molecule has 0 amide bonds. The summed E-state index contributed by atoms with van der Waals surface area (Å²) >= 11 is 0. The Kier molecular flexibility index (Phi) is 5.04. The van der Waals surface area contributed by atoms with Gasteiger partial charge in [0.05, 0.1) is 12.8 Å². The van der Waals surface area contributed by atoms with Crippen LogP contribution in [0.1, 0.15) is 12.5 Å². The quantitative estimate of drug-likeness (QED) is 0.771. The van der Waals surface area contributed by atoms with Crippen LogP contribution >= 0.6 is 0 Å². The standard InChI is InChI=1S/C21H22FN3O3S/c1-15-20(16-7-9-17(28-2)10-8-16)29(26,27)23-21(15)25-13-11-24(12-14-25)19-6-4-3-5-18(19)22/h3-10H,11-14H2,1-2H3. The predicted octanol–water partition coefficient (Wildman–Crippen LogP) is 3.13. The van der Waals surface area contributed by atoms with E-state index in [1.165, 1.54) is 6.07 Å². The molecule has 0 atom stereocenters. The number of piperazine rings is 1. The van der Waals surface area contributed by atoms with Crippen LogP contribution in [0.25, 0.3) is 4.91 Å². The third kappa shape index (κ3) is 3.60. The number of hydrogen-bond acceptors (Lipinski definition) is 5. The van der Waals surface area contributed by atoms with Crippen molar-refractivity contribution in [1.82, 2.24) is 4.90 Å². The molecule has 6 nitrogen and oxygen atoms in total. The van der Waals surface area contributed by atoms with Gasteiger partial charge in [0.15, 0.2) is 0 Å². The fraction of sp³-hybridized carbons (Fsp3) is 0.286. The van der Waals surface area contributed by atoms with Crippen molar-refractivity contribution in [3.05, 3.63) is 65.5 Å². The number of halogens is 1. The summed E-state index contributed by atoms with van der Waals surface area (Å²) in [6.07, 6.45) is 0. The topological polar surface area (TPSA) is 62.2 Å². The van der Waals surface area contributed by atoms with Crippen LogP contribution in [-0.4, -0.2) is 52.4 Å². The molecule has 0 unspecified atom stereocenters. The maximum atomic E-state index is 14.1. The normalized spacial score (nSPS) is 18.8. The SMILES string of the molecule is COc1ccc(C2=C(C)C(N3CCN(c4ccccc4F)CC3)=NS2(=O)=O)cc1. The summed E-state index contributed by atoms with van der Waals surface area (Å²) in [6.45, 7) is 4.09. The van der Waals surface area contributed by atoms with Crippen molar-refractivity contribution >= 4 is 26.5 Å². The van der Waals surface area contributed by atoms with Crippen molar-refractivity contribution in [3.63, 3.8) is 0 Å². The van der Waals surface area contributed by atoms with Gasteiger partial charge in [0.25, 0.3) is 10.0 Å². The minimum absolute atomic E-state index is 0.228. The molecule has 2 aromatic rings. The summed E-state index contributed by atoms with van der Waals surface area (Å²) in [5.41, 5.74) is 1.79. The van der Waals surface area contributed by atoms with E-state index in [1.54, 1.807) is 50.4 Å². The Hall–Kier alpha value is -2.87. The Bertz CT molecular complexity index is 1090. The van der Waals surface area contributed by atoms with E-state index in [0.29, 0.717) is 54.6 Å². The summed E-state index contributed by atoms with van der Waals surface area (Å²) in [5.74, 6) is 0.886. The number of hydrogen-bond donors (Lipinski definition) is 0. The zero-order valence-corrected chi connectivity index (χ0v) is 17.1. The molecule has 152 valence electrons. The van der Waals surface area contributed by atoms with Crippen molar-refractivity contribution in [2.75, 3.05) is 38.2 Å². The van der Waals surface area contributed by atoms with Crippen molar-refractivity contribution in [2.45, 2.75) is 6.92 Å². The monoisotopic (exact) mass is 415 g/mol. The molecule has 4 rings (SSSR count). The van der Waals surface area contributed by atoms with Crippen LogP contribution in [0, 0.1) is 5.82 Å². The van der Waals surface area contributed by atoms with Gasteiger partial charge in [-0.1, -0.05) is 12.1 Å². The minimum Gasteiger partial charge on any atom is -0.497 e. The van der Waals surface area contributed by atoms with Gasteiger partial charge in [-0.15, -0.1) is 4.40 Å². The molecule has 0 aliphatic carbocycles. The number of methoxy groups -OCH3 is 1. The fourth-order valence-corrected chi connectivity index (χ4v) is 5.28. The van der Waals surface area contributed by atoms with E-state index in [-0.39, 0.29) is 10.7 Å². The third-order valence-corrected chi connectivity index (χ3v) is 6.74. The number of para-hydroxylation sites is 1. The molecule has 0 bridgehead atoms. The number of benzene rings is 2. The van der Waals surface area contributed by atoms with Crippen LogP contribution in [0.3, 0.4) is 0 Å². The van der Waals surface area contributed by atoms with Crippen molar-refractivity contribution in [2.24, 2.45) is 4.40 Å². The molecule has 2 aromatic carbocycles. The maximum absolute atomic E-state index is 14.1. The third-order valence-electron chi connectivity index (χ3n) is 5.27. The lowest BCUT2D eigenvalue weighted by molar-refractivity contribution is 0.384. The van der Waals surface area contributed by atoms with Crippen LogP contribution in [0.4, 0.5) is 10.1 Å². The zero-order valence-electron chi connectivity index (χ0n) is 16.3. The first kappa shape index (κ1) is 19.4. The van der Waals surface area contributed by atoms with Gasteiger partial charge < -0.3 is 14.5 Å². The number of sulfonamides is 1. The van der Waals surface area contributed by atoms with Crippen molar-refractivity contribution in [3.8, 4) is 5.75 Å². The Balaban J connectivity index is 1.56. The second-order valence-corrected chi connectivity index (χ2v) is 8.54. The number of anilines is 1. The van der Waals surface area contributed by atoms with Gasteiger partial charge >= 0.3 is 0 Å². The van der Waals surface area contributed by atoms with Crippen LogP contribution in [0.5, 0.6) is 5.75 Å². The highest BCUT2D eigenvalue weighted by Crippen LogP contribution is 2.34. The summed E-state index contributed by atoms with van der Waals surface area (Å²) in [5, 5.41) is 0. The Morgan fingerprint density at radius 2 is 1.59 bits per heavy atom. The summed E-state index contributed by atoms with van der Waals surface area (Å²) in [6, 6.07) is 13.6. The molecule has 8 heteroatoms. The second kappa shape index (κ2) is 7.51. The summed E-state index contributed by atoms with van der Waals surface area (Å²) < 4.78 is 48.8. The lowest BCUT2D eigenvalue weighted by Gasteiger charge is -2.37. The van der Waals surface area contributed by atoms with Gasteiger partial charge in [-0.05, 0) is 48.9 Å². The van der Waals surface area contributed by atoms with Gasteiger partial charge in [0.2, 0.25) is 0 Å². The molecule has 0 spiro atoms. The zero-order chi connectivity index (χ0) is 20.6. The molecule has 2 aliphatic heterocycles. The molecular formula is C21H22FN3O3S. The largest absolute Gasteiger partial charge is 0.497 e. The van der Waals surface area contributed by atoms with Crippen molar-refractivity contribution < 1.29 is 17.5 Å². The maximum Gasteiger partial charge on any atom is 0.285 e. The van der Waals surface area contributed by atoms with Gasteiger partial charge in [0.1, 0.15) is 22.3 Å². The predicted molar refractivity (Wildman–Crippen MR) is 112 cm³/mol. The number of rotatable bonds is 3. The lowest BCUT2D eigenvalue weighted by Crippen LogP contribution is -2.49. The molecule has 1 saturated heterocycles. The average molecular weight is 415 g/mol. The van der Waals surface area contributed by atoms with Crippen molar-refractivity contribution in [1.29, 1.82) is 0 Å². The van der Waals surface area contributed by atoms with E-state index in [9.17, 15) is 12.8 Å². The van der Waals surface area contributed by atoms with Gasteiger partial charge in [-0.2, -0.15) is 8.42 Å². The number of nitrogens with zero attached hydrogens (tertiary/aromatic N) is 3. The molecular weight excluding hydrogens is 393 g/mol. The highest BCUT2D eigenvalue weighted by Gasteiger charge is 2.34. The number of ether oxygens (including phenoxy) is 1. The Morgan fingerprint density at radius 3 is 2.21 bits per heavy atom. The average Bonchev–Trinajstić information content (AvgIpc) is 2.97. The highest BCUT2D eigenvalue weighted by atomic mass is 32.2. The first-order valence-corrected chi connectivity index (χ1v) is 10.8. The van der Waals surface area contributed by atoms with E-state index in [2.05, 4.69) is 4.40 Å². The molecule has 29 heavy (non-hydrogen) atoms. The lowest BCUT2D eigenvalue weighted by atomic mass is 10.1.